The summed E-state index contributed by atoms with van der Waals surface area (Å²) in [7, 11) is 3.52. The van der Waals surface area contributed by atoms with Gasteiger partial charge in [0, 0.05) is 19.7 Å². The van der Waals surface area contributed by atoms with Gasteiger partial charge in [-0.1, -0.05) is 43.3 Å². The normalized spacial score (nSPS) is 19.8. The Labute approximate surface area is 131 Å². The topological polar surface area (TPSA) is 32.8 Å². The molecule has 3 nitrogen and oxygen atoms in total. The summed E-state index contributed by atoms with van der Waals surface area (Å²) in [6, 6.07) is 16.2. The molecule has 0 bridgehead atoms. The van der Waals surface area contributed by atoms with Crippen molar-refractivity contribution in [3.05, 3.63) is 59.7 Å². The highest BCUT2D eigenvalue weighted by Gasteiger charge is 2.38. The molecule has 1 aliphatic rings. The van der Waals surface area contributed by atoms with Gasteiger partial charge in [0.25, 0.3) is 5.91 Å². The lowest BCUT2D eigenvalue weighted by molar-refractivity contribution is 0.0827. The first-order chi connectivity index (χ1) is 10.6. The molecule has 2 atom stereocenters. The fourth-order valence-corrected chi connectivity index (χ4v) is 2.68. The van der Waals surface area contributed by atoms with E-state index in [-0.39, 0.29) is 12.0 Å². The molecule has 22 heavy (non-hydrogen) atoms. The molecular formula is C19H21NO2. The Morgan fingerprint density at radius 2 is 1.55 bits per heavy atom. The van der Waals surface area contributed by atoms with Crippen LogP contribution in [0, 0.1) is 0 Å². The second-order valence-electron chi connectivity index (χ2n) is 5.90. The number of ether oxygens (including phenoxy) is 1. The zero-order chi connectivity index (χ0) is 15.7. The van der Waals surface area contributed by atoms with Crippen LogP contribution in [0.4, 0.5) is 0 Å². The van der Waals surface area contributed by atoms with Gasteiger partial charge in [-0.25, -0.2) is 0 Å². The van der Waals surface area contributed by atoms with E-state index in [0.717, 1.165) is 17.5 Å². The van der Waals surface area contributed by atoms with Gasteiger partial charge in [0.05, 0.1) is 6.10 Å². The predicted octanol–water partition coefficient (Wildman–Crippen LogP) is 3.91. The van der Waals surface area contributed by atoms with E-state index >= 15 is 0 Å². The molecule has 114 valence electrons. The Morgan fingerprint density at radius 1 is 1.00 bits per heavy atom. The van der Waals surface area contributed by atoms with Gasteiger partial charge < -0.3 is 9.64 Å². The zero-order valence-electron chi connectivity index (χ0n) is 13.2. The lowest BCUT2D eigenvalue weighted by Gasteiger charge is -2.10. The number of epoxide rings is 1. The number of hydrogen-bond donors (Lipinski definition) is 0. The molecule has 2 aromatic carbocycles. The smallest absolute Gasteiger partial charge is 0.253 e. The van der Waals surface area contributed by atoms with Crippen molar-refractivity contribution in [2.24, 2.45) is 0 Å². The average Bonchev–Trinajstić information content (AvgIpc) is 3.34. The highest BCUT2D eigenvalue weighted by molar-refractivity contribution is 5.94. The minimum atomic E-state index is 0.0263. The molecule has 0 N–H and O–H groups in total. The van der Waals surface area contributed by atoms with E-state index in [1.807, 2.05) is 24.3 Å². The first-order valence-electron chi connectivity index (χ1n) is 7.67. The summed E-state index contributed by atoms with van der Waals surface area (Å²) in [5.41, 5.74) is 4.23. The van der Waals surface area contributed by atoms with E-state index in [9.17, 15) is 4.79 Å². The first kappa shape index (κ1) is 14.8. The van der Waals surface area contributed by atoms with Gasteiger partial charge >= 0.3 is 0 Å². The number of amides is 1. The van der Waals surface area contributed by atoms with Crippen LogP contribution in [-0.4, -0.2) is 31.0 Å². The van der Waals surface area contributed by atoms with Crippen LogP contribution in [0.1, 0.15) is 35.4 Å². The molecule has 0 saturated carbocycles. The molecule has 1 aliphatic heterocycles. The van der Waals surface area contributed by atoms with Gasteiger partial charge in [-0.15, -0.1) is 0 Å². The van der Waals surface area contributed by atoms with Crippen LogP contribution in [-0.2, 0) is 4.74 Å². The quantitative estimate of drug-likeness (QED) is 0.801. The van der Waals surface area contributed by atoms with Crippen molar-refractivity contribution in [1.82, 2.24) is 4.90 Å². The summed E-state index contributed by atoms with van der Waals surface area (Å²) in [4.78, 5) is 13.5. The van der Waals surface area contributed by atoms with Crippen molar-refractivity contribution in [3.8, 4) is 11.1 Å². The molecule has 2 unspecified atom stereocenters. The minimum Gasteiger partial charge on any atom is -0.365 e. The maximum atomic E-state index is 11.9. The van der Waals surface area contributed by atoms with Crippen molar-refractivity contribution in [1.29, 1.82) is 0 Å². The Morgan fingerprint density at radius 3 is 2.00 bits per heavy atom. The summed E-state index contributed by atoms with van der Waals surface area (Å²) in [6.07, 6.45) is 1.73. The summed E-state index contributed by atoms with van der Waals surface area (Å²) in [6.45, 7) is 2.15. The van der Waals surface area contributed by atoms with Gasteiger partial charge in [-0.3, -0.25) is 4.79 Å². The molecule has 1 amide bonds. The van der Waals surface area contributed by atoms with E-state index in [0.29, 0.717) is 11.7 Å². The molecule has 0 spiro atoms. The van der Waals surface area contributed by atoms with Crippen LogP contribution >= 0.6 is 0 Å². The summed E-state index contributed by atoms with van der Waals surface area (Å²) < 4.78 is 5.62. The fraction of sp³-hybridized carbons (Fsp3) is 0.316. The zero-order valence-corrected chi connectivity index (χ0v) is 13.2. The molecule has 0 aliphatic carbocycles. The third-order valence-electron chi connectivity index (χ3n) is 4.10. The van der Waals surface area contributed by atoms with Gasteiger partial charge in [0.15, 0.2) is 0 Å². The SMILES string of the molecule is CCC1OC1c1ccc(-c2ccc(C(=O)N(C)C)cc2)cc1. The van der Waals surface area contributed by atoms with E-state index in [4.69, 9.17) is 4.74 Å². The second kappa shape index (κ2) is 5.93. The number of benzene rings is 2. The molecule has 0 aromatic heterocycles. The number of carbonyl (C=O) groups excluding carboxylic acids is 1. The first-order valence-corrected chi connectivity index (χ1v) is 7.67. The summed E-state index contributed by atoms with van der Waals surface area (Å²) in [5, 5.41) is 0. The highest BCUT2D eigenvalue weighted by atomic mass is 16.6. The maximum absolute atomic E-state index is 11.9. The fourth-order valence-electron chi connectivity index (χ4n) is 2.68. The predicted molar refractivity (Wildman–Crippen MR) is 87.8 cm³/mol. The van der Waals surface area contributed by atoms with Crippen LogP contribution < -0.4 is 0 Å². The highest BCUT2D eigenvalue weighted by Crippen LogP contribution is 2.40. The van der Waals surface area contributed by atoms with Gasteiger partial charge in [0.1, 0.15) is 6.10 Å². The van der Waals surface area contributed by atoms with Crippen LogP contribution in [0.3, 0.4) is 0 Å². The monoisotopic (exact) mass is 295 g/mol. The van der Waals surface area contributed by atoms with Crippen LogP contribution in [0.25, 0.3) is 11.1 Å². The summed E-state index contributed by atoms with van der Waals surface area (Å²) >= 11 is 0. The second-order valence-corrected chi connectivity index (χ2v) is 5.90. The van der Waals surface area contributed by atoms with Crippen molar-refractivity contribution in [2.75, 3.05) is 14.1 Å². The third-order valence-corrected chi connectivity index (χ3v) is 4.10. The third kappa shape index (κ3) is 2.90. The molecule has 3 rings (SSSR count). The molecule has 1 heterocycles. The number of hydrogen-bond acceptors (Lipinski definition) is 2. The Hall–Kier alpha value is -2.13. The molecular weight excluding hydrogens is 274 g/mol. The van der Waals surface area contributed by atoms with Gasteiger partial charge in [-0.2, -0.15) is 0 Å². The van der Waals surface area contributed by atoms with E-state index in [1.54, 1.807) is 19.0 Å². The van der Waals surface area contributed by atoms with E-state index < -0.39 is 0 Å². The van der Waals surface area contributed by atoms with Gasteiger partial charge in [-0.05, 0) is 35.2 Å². The van der Waals surface area contributed by atoms with Crippen molar-refractivity contribution in [2.45, 2.75) is 25.6 Å². The Kier molecular flexibility index (Phi) is 3.99. The lowest BCUT2D eigenvalue weighted by atomic mass is 10.0. The van der Waals surface area contributed by atoms with Crippen LogP contribution in [0.2, 0.25) is 0 Å². The van der Waals surface area contributed by atoms with Crippen molar-refractivity contribution < 1.29 is 9.53 Å². The van der Waals surface area contributed by atoms with Crippen molar-refractivity contribution in [3.63, 3.8) is 0 Å². The van der Waals surface area contributed by atoms with Crippen molar-refractivity contribution >= 4 is 5.91 Å². The molecule has 3 heteroatoms. The van der Waals surface area contributed by atoms with Crippen LogP contribution in [0.15, 0.2) is 48.5 Å². The molecule has 2 aromatic rings. The number of nitrogens with zero attached hydrogens (tertiary/aromatic N) is 1. The largest absolute Gasteiger partial charge is 0.365 e. The van der Waals surface area contributed by atoms with E-state index in [2.05, 4.69) is 31.2 Å². The average molecular weight is 295 g/mol. The number of carbonyl (C=O) groups is 1. The minimum absolute atomic E-state index is 0.0263. The summed E-state index contributed by atoms with van der Waals surface area (Å²) in [5.74, 6) is 0.0263. The number of rotatable bonds is 4. The Balaban J connectivity index is 1.75. The standard InChI is InChI=1S/C19H21NO2/c1-4-17-18(22-17)15-9-5-13(6-10-15)14-7-11-16(12-8-14)19(21)20(2)3/h5-12,17-18H,4H2,1-3H3. The van der Waals surface area contributed by atoms with E-state index in [1.165, 1.54) is 5.56 Å². The lowest BCUT2D eigenvalue weighted by Crippen LogP contribution is -2.21. The Bertz CT molecular complexity index is 659. The maximum Gasteiger partial charge on any atom is 0.253 e. The molecule has 0 radical (unpaired) electrons. The molecule has 1 saturated heterocycles. The van der Waals surface area contributed by atoms with Crippen LogP contribution in [0.5, 0.6) is 0 Å². The van der Waals surface area contributed by atoms with Gasteiger partial charge in [0.2, 0.25) is 0 Å². The molecule has 1 fully saturated rings.